The number of hydrogen-bond donors (Lipinski definition) is 1. The molecule has 0 aromatic heterocycles. The van der Waals surface area contributed by atoms with Crippen LogP contribution in [0.3, 0.4) is 0 Å². The number of carbonyl (C=O) groups is 3. The lowest BCUT2D eigenvalue weighted by Crippen LogP contribution is -2.49. The van der Waals surface area contributed by atoms with Gasteiger partial charge in [0.25, 0.3) is 0 Å². The Morgan fingerprint density at radius 3 is 2.37 bits per heavy atom. The number of nitrogens with zero attached hydrogens (tertiary/aromatic N) is 1. The molecule has 1 saturated heterocycles. The summed E-state index contributed by atoms with van der Waals surface area (Å²) >= 11 is 0. The van der Waals surface area contributed by atoms with E-state index >= 15 is 0 Å². The van der Waals surface area contributed by atoms with Crippen LogP contribution in [0.1, 0.15) is 68.1 Å². The summed E-state index contributed by atoms with van der Waals surface area (Å²) in [5.41, 5.74) is 0.400. The normalized spacial score (nSPS) is 20.5. The SMILES string of the molecule is O=C(CCC(=O)N1CCC[C@H]1C(=O)NC1CCCCC1)c1ccc(F)cc1. The molecule has 0 bridgehead atoms. The number of hydrogen-bond acceptors (Lipinski definition) is 3. The van der Waals surface area contributed by atoms with Gasteiger partial charge in [-0.15, -0.1) is 0 Å². The van der Waals surface area contributed by atoms with E-state index in [0.29, 0.717) is 18.5 Å². The Balaban J connectivity index is 1.51. The van der Waals surface area contributed by atoms with Gasteiger partial charge in [-0.1, -0.05) is 19.3 Å². The van der Waals surface area contributed by atoms with Crippen LogP contribution in [0.4, 0.5) is 4.39 Å². The Hall–Kier alpha value is -2.24. The molecule has 2 fully saturated rings. The maximum absolute atomic E-state index is 12.9. The molecule has 5 nitrogen and oxygen atoms in total. The van der Waals surface area contributed by atoms with Crippen molar-refractivity contribution in [1.29, 1.82) is 0 Å². The Kier molecular flexibility index (Phi) is 6.58. The van der Waals surface area contributed by atoms with Gasteiger partial charge in [-0.05, 0) is 49.9 Å². The molecule has 2 aliphatic rings. The molecule has 1 aliphatic heterocycles. The standard InChI is InChI=1S/C21H27FN2O3/c22-16-10-8-15(9-11-16)19(25)12-13-20(26)24-14-4-7-18(24)21(27)23-17-5-2-1-3-6-17/h8-11,17-18H,1-7,12-14H2,(H,23,27)/t18-/m0/s1. The molecule has 27 heavy (non-hydrogen) atoms. The van der Waals surface area contributed by atoms with Crippen LogP contribution in [-0.2, 0) is 9.59 Å². The lowest BCUT2D eigenvalue weighted by Gasteiger charge is -2.28. The van der Waals surface area contributed by atoms with Crippen molar-refractivity contribution in [1.82, 2.24) is 10.2 Å². The smallest absolute Gasteiger partial charge is 0.243 e. The van der Waals surface area contributed by atoms with Crippen LogP contribution >= 0.6 is 0 Å². The highest BCUT2D eigenvalue weighted by atomic mass is 19.1. The fourth-order valence-corrected chi connectivity index (χ4v) is 4.03. The molecule has 1 atom stereocenters. The van der Waals surface area contributed by atoms with Crippen molar-refractivity contribution in [2.75, 3.05) is 6.54 Å². The molecule has 1 heterocycles. The largest absolute Gasteiger partial charge is 0.352 e. The van der Waals surface area contributed by atoms with Crippen LogP contribution in [0, 0.1) is 5.82 Å². The highest BCUT2D eigenvalue weighted by molar-refractivity contribution is 5.98. The average Bonchev–Trinajstić information content (AvgIpc) is 3.17. The molecule has 1 saturated carbocycles. The van der Waals surface area contributed by atoms with Crippen molar-refractivity contribution in [2.45, 2.75) is 69.9 Å². The monoisotopic (exact) mass is 374 g/mol. The topological polar surface area (TPSA) is 66.5 Å². The van der Waals surface area contributed by atoms with Gasteiger partial charge in [0.15, 0.2) is 5.78 Å². The first kappa shape index (κ1) is 19.5. The quantitative estimate of drug-likeness (QED) is 0.778. The number of benzene rings is 1. The van der Waals surface area contributed by atoms with E-state index in [9.17, 15) is 18.8 Å². The minimum absolute atomic E-state index is 0.0578. The molecule has 6 heteroatoms. The first-order valence-corrected chi connectivity index (χ1v) is 9.93. The molecule has 1 N–H and O–H groups in total. The summed E-state index contributed by atoms with van der Waals surface area (Å²) in [6.07, 6.45) is 7.16. The number of Topliss-reactive ketones (excluding diaryl/α,β-unsaturated/α-hetero) is 1. The van der Waals surface area contributed by atoms with Gasteiger partial charge in [0.2, 0.25) is 11.8 Å². The van der Waals surface area contributed by atoms with Gasteiger partial charge in [-0.2, -0.15) is 0 Å². The van der Waals surface area contributed by atoms with E-state index in [1.807, 2.05) is 0 Å². The number of nitrogens with one attached hydrogen (secondary N) is 1. The predicted octanol–water partition coefficient (Wildman–Crippen LogP) is 3.23. The molecule has 1 aromatic carbocycles. The third kappa shape index (κ3) is 5.15. The van der Waals surface area contributed by atoms with E-state index in [-0.39, 0.29) is 36.5 Å². The van der Waals surface area contributed by atoms with E-state index in [4.69, 9.17) is 0 Å². The molecular weight excluding hydrogens is 347 g/mol. The summed E-state index contributed by atoms with van der Waals surface area (Å²) < 4.78 is 12.9. The molecule has 0 unspecified atom stereocenters. The predicted molar refractivity (Wildman–Crippen MR) is 99.7 cm³/mol. The molecule has 1 aliphatic carbocycles. The fourth-order valence-electron chi connectivity index (χ4n) is 4.03. The van der Waals surface area contributed by atoms with E-state index in [0.717, 1.165) is 32.1 Å². The van der Waals surface area contributed by atoms with Crippen LogP contribution in [0.5, 0.6) is 0 Å². The lowest BCUT2D eigenvalue weighted by molar-refractivity contribution is -0.138. The first-order chi connectivity index (χ1) is 13.0. The van der Waals surface area contributed by atoms with E-state index in [2.05, 4.69) is 5.32 Å². The van der Waals surface area contributed by atoms with Gasteiger partial charge in [0.05, 0.1) is 0 Å². The number of likely N-dealkylation sites (tertiary alicyclic amines) is 1. The third-order valence-electron chi connectivity index (χ3n) is 5.56. The minimum atomic E-state index is -0.416. The van der Waals surface area contributed by atoms with Crippen LogP contribution in [-0.4, -0.2) is 41.1 Å². The van der Waals surface area contributed by atoms with Gasteiger partial charge in [0.1, 0.15) is 11.9 Å². The lowest BCUT2D eigenvalue weighted by atomic mass is 9.95. The summed E-state index contributed by atoms with van der Waals surface area (Å²) in [6, 6.07) is 5.14. The van der Waals surface area contributed by atoms with Gasteiger partial charge >= 0.3 is 0 Å². The maximum Gasteiger partial charge on any atom is 0.243 e. The number of ketones is 1. The van der Waals surface area contributed by atoms with Gasteiger partial charge in [0, 0.05) is 31.0 Å². The first-order valence-electron chi connectivity index (χ1n) is 9.93. The van der Waals surface area contributed by atoms with Crippen molar-refractivity contribution in [3.63, 3.8) is 0 Å². The van der Waals surface area contributed by atoms with Crippen molar-refractivity contribution < 1.29 is 18.8 Å². The molecule has 2 amide bonds. The number of halogens is 1. The summed E-state index contributed by atoms with van der Waals surface area (Å²) in [7, 11) is 0. The van der Waals surface area contributed by atoms with Gasteiger partial charge < -0.3 is 10.2 Å². The Labute approximate surface area is 159 Å². The zero-order valence-electron chi connectivity index (χ0n) is 15.6. The molecular formula is C21H27FN2O3. The highest BCUT2D eigenvalue weighted by Gasteiger charge is 2.34. The van der Waals surface area contributed by atoms with E-state index in [1.54, 1.807) is 4.90 Å². The van der Waals surface area contributed by atoms with Crippen molar-refractivity contribution in [2.24, 2.45) is 0 Å². The van der Waals surface area contributed by atoms with Crippen LogP contribution in [0.2, 0.25) is 0 Å². The van der Waals surface area contributed by atoms with E-state index < -0.39 is 11.9 Å². The zero-order valence-corrected chi connectivity index (χ0v) is 15.6. The Bertz CT molecular complexity index is 683. The van der Waals surface area contributed by atoms with Crippen molar-refractivity contribution in [3.05, 3.63) is 35.6 Å². The van der Waals surface area contributed by atoms with Crippen LogP contribution in [0.25, 0.3) is 0 Å². The maximum atomic E-state index is 12.9. The highest BCUT2D eigenvalue weighted by Crippen LogP contribution is 2.22. The summed E-state index contributed by atoms with van der Waals surface area (Å²) in [4.78, 5) is 39.0. The fraction of sp³-hybridized carbons (Fsp3) is 0.571. The molecule has 1 aromatic rings. The summed E-state index contributed by atoms with van der Waals surface area (Å²) in [6.45, 7) is 0.562. The minimum Gasteiger partial charge on any atom is -0.352 e. The van der Waals surface area contributed by atoms with Crippen molar-refractivity contribution >= 4 is 17.6 Å². The number of rotatable bonds is 6. The van der Waals surface area contributed by atoms with Crippen LogP contribution < -0.4 is 5.32 Å². The van der Waals surface area contributed by atoms with E-state index in [1.165, 1.54) is 30.7 Å². The van der Waals surface area contributed by atoms with Gasteiger partial charge in [-0.25, -0.2) is 4.39 Å². The molecule has 0 radical (unpaired) electrons. The second-order valence-corrected chi connectivity index (χ2v) is 7.52. The molecule has 3 rings (SSSR count). The van der Waals surface area contributed by atoms with Gasteiger partial charge in [-0.3, -0.25) is 14.4 Å². The summed E-state index contributed by atoms with van der Waals surface area (Å²) in [5, 5.41) is 3.11. The number of carbonyl (C=O) groups excluding carboxylic acids is 3. The Morgan fingerprint density at radius 2 is 1.67 bits per heavy atom. The van der Waals surface area contributed by atoms with Crippen LogP contribution in [0.15, 0.2) is 24.3 Å². The zero-order chi connectivity index (χ0) is 19.2. The Morgan fingerprint density at radius 1 is 0.963 bits per heavy atom. The summed E-state index contributed by atoms with van der Waals surface area (Å²) in [5.74, 6) is -0.804. The average molecular weight is 374 g/mol. The molecule has 146 valence electrons. The molecule has 0 spiro atoms. The number of amides is 2. The second kappa shape index (κ2) is 9.11. The second-order valence-electron chi connectivity index (χ2n) is 7.52. The van der Waals surface area contributed by atoms with Crippen molar-refractivity contribution in [3.8, 4) is 0 Å². The third-order valence-corrected chi connectivity index (χ3v) is 5.56.